The van der Waals surface area contributed by atoms with Gasteiger partial charge in [-0.1, -0.05) is 0 Å². The van der Waals surface area contributed by atoms with Crippen molar-refractivity contribution in [2.75, 3.05) is 13.2 Å². The van der Waals surface area contributed by atoms with Crippen LogP contribution in [0.25, 0.3) is 21.5 Å². The van der Waals surface area contributed by atoms with Crippen molar-refractivity contribution in [3.05, 3.63) is 64.3 Å². The first-order valence-corrected chi connectivity index (χ1v) is 11.8. The van der Waals surface area contributed by atoms with Gasteiger partial charge in [0.2, 0.25) is 0 Å². The van der Waals surface area contributed by atoms with Gasteiger partial charge in [0.05, 0.1) is 24.8 Å². The number of aromatic nitrogens is 2. The van der Waals surface area contributed by atoms with Crippen molar-refractivity contribution in [1.82, 2.24) is 9.97 Å². The predicted octanol–water partition coefficient (Wildman–Crippen LogP) is 6.25. The second kappa shape index (κ2) is 9.67. The number of aliphatic carboxylic acids is 1. The number of nitrogens with zero attached hydrogens (tertiary/aromatic N) is 1. The van der Waals surface area contributed by atoms with Crippen LogP contribution in [-0.4, -0.2) is 34.3 Å². The van der Waals surface area contributed by atoms with Crippen molar-refractivity contribution in [3.8, 4) is 22.1 Å². The molecular formula is C26H28N2O4S. The number of carbonyl (C=O) groups is 1. The van der Waals surface area contributed by atoms with Crippen molar-refractivity contribution in [3.63, 3.8) is 0 Å². The van der Waals surface area contributed by atoms with Gasteiger partial charge in [0.15, 0.2) is 0 Å². The van der Waals surface area contributed by atoms with Crippen molar-refractivity contribution in [2.45, 2.75) is 40.0 Å². The van der Waals surface area contributed by atoms with E-state index in [9.17, 15) is 9.90 Å². The largest absolute Gasteiger partial charge is 0.493 e. The number of aromatic amines is 1. The Morgan fingerprint density at radius 3 is 2.36 bits per heavy atom. The van der Waals surface area contributed by atoms with Crippen LogP contribution in [0.5, 0.6) is 11.5 Å². The summed E-state index contributed by atoms with van der Waals surface area (Å²) in [4.78, 5) is 20.4. The smallest absolute Gasteiger partial charge is 0.312 e. The fraction of sp³-hybridized carbons (Fsp3) is 0.308. The summed E-state index contributed by atoms with van der Waals surface area (Å²) in [6.07, 6.45) is 0.748. The number of rotatable bonds is 9. The maximum Gasteiger partial charge on any atom is 0.312 e. The molecule has 4 rings (SSSR count). The number of hydrogen-bond acceptors (Lipinski definition) is 5. The highest BCUT2D eigenvalue weighted by atomic mass is 32.1. The molecule has 2 heterocycles. The molecule has 172 valence electrons. The highest BCUT2D eigenvalue weighted by Crippen LogP contribution is 2.30. The number of aryl methyl sites for hydroxylation is 3. The molecule has 2 aromatic heterocycles. The van der Waals surface area contributed by atoms with Gasteiger partial charge < -0.3 is 19.6 Å². The van der Waals surface area contributed by atoms with Crippen molar-refractivity contribution < 1.29 is 19.4 Å². The van der Waals surface area contributed by atoms with Crippen LogP contribution < -0.4 is 9.47 Å². The zero-order valence-electron chi connectivity index (χ0n) is 19.3. The molecule has 0 aliphatic heterocycles. The molecule has 2 aromatic carbocycles. The minimum absolute atomic E-state index is 0.531. The van der Waals surface area contributed by atoms with Crippen molar-refractivity contribution >= 4 is 28.2 Å². The minimum Gasteiger partial charge on any atom is -0.493 e. The van der Waals surface area contributed by atoms with E-state index in [1.54, 1.807) is 18.3 Å². The lowest BCUT2D eigenvalue weighted by atomic mass is 10.0. The number of thiazole rings is 1. The molecule has 0 bridgehead atoms. The van der Waals surface area contributed by atoms with E-state index in [4.69, 9.17) is 9.47 Å². The normalized spacial score (nSPS) is 12.1. The molecule has 0 radical (unpaired) electrons. The van der Waals surface area contributed by atoms with Gasteiger partial charge in [-0.2, -0.15) is 0 Å². The Bertz CT molecular complexity index is 1250. The summed E-state index contributed by atoms with van der Waals surface area (Å²) in [5.41, 5.74) is 4.77. The predicted molar refractivity (Wildman–Crippen MR) is 132 cm³/mol. The van der Waals surface area contributed by atoms with Crippen molar-refractivity contribution in [2.24, 2.45) is 0 Å². The van der Waals surface area contributed by atoms with E-state index < -0.39 is 11.9 Å². The summed E-state index contributed by atoms with van der Waals surface area (Å²) in [6, 6.07) is 13.8. The number of H-pyrrole nitrogens is 1. The second-order valence-corrected chi connectivity index (χ2v) is 9.37. The number of hydrogen-bond donors (Lipinski definition) is 2. The first-order valence-electron chi connectivity index (χ1n) is 11.0. The summed E-state index contributed by atoms with van der Waals surface area (Å²) >= 11 is 1.70. The van der Waals surface area contributed by atoms with Gasteiger partial charge in [-0.25, -0.2) is 4.98 Å². The second-order valence-electron chi connectivity index (χ2n) is 8.17. The number of carboxylic acid groups (broad SMARTS) is 1. The van der Waals surface area contributed by atoms with Crippen LogP contribution in [0.1, 0.15) is 41.1 Å². The molecule has 0 aliphatic rings. The van der Waals surface area contributed by atoms with Gasteiger partial charge in [0.1, 0.15) is 16.5 Å². The number of fused-ring (bicyclic) bond motifs is 1. The molecule has 0 amide bonds. The first-order chi connectivity index (χ1) is 15.8. The molecule has 7 heteroatoms. The van der Waals surface area contributed by atoms with Crippen molar-refractivity contribution in [1.29, 1.82) is 0 Å². The topological polar surface area (TPSA) is 84.4 Å². The van der Waals surface area contributed by atoms with E-state index >= 15 is 0 Å². The maximum atomic E-state index is 11.3. The van der Waals surface area contributed by atoms with Crippen LogP contribution in [0.15, 0.2) is 42.5 Å². The highest BCUT2D eigenvalue weighted by molar-refractivity contribution is 7.15. The number of benzene rings is 2. The van der Waals surface area contributed by atoms with Crippen LogP contribution in [0, 0.1) is 20.8 Å². The van der Waals surface area contributed by atoms with Crippen LogP contribution in [-0.2, 0) is 4.79 Å². The van der Waals surface area contributed by atoms with Gasteiger partial charge >= 0.3 is 5.97 Å². The number of carboxylic acids is 1. The Labute approximate surface area is 197 Å². The summed E-state index contributed by atoms with van der Waals surface area (Å²) < 4.78 is 11.7. The van der Waals surface area contributed by atoms with Gasteiger partial charge in [0, 0.05) is 33.5 Å². The Hall–Kier alpha value is -3.32. The molecule has 0 aliphatic carbocycles. The number of nitrogens with one attached hydrogen (secondary N) is 1. The monoisotopic (exact) mass is 464 g/mol. The first kappa shape index (κ1) is 22.9. The van der Waals surface area contributed by atoms with Gasteiger partial charge in [-0.05, 0) is 75.7 Å². The van der Waals surface area contributed by atoms with E-state index in [0.717, 1.165) is 56.3 Å². The van der Waals surface area contributed by atoms with Gasteiger partial charge in [-0.15, -0.1) is 11.3 Å². The van der Waals surface area contributed by atoms with E-state index in [0.29, 0.717) is 13.2 Å². The summed E-state index contributed by atoms with van der Waals surface area (Å²) in [5.74, 6) is 0.164. The van der Waals surface area contributed by atoms with Crippen LogP contribution in [0.2, 0.25) is 0 Å². The standard InChI is InChI=1S/C26H28N2O4S/c1-15-22-14-21(10-11-23(22)28-24(15)16(2)26(29)30)32-13-5-12-31-20-8-6-19(7-9-20)25-27-17(3)18(4)33-25/h6-11,14,16,28H,5,12-13H2,1-4H3,(H,29,30). The Kier molecular flexibility index (Phi) is 6.70. The lowest BCUT2D eigenvalue weighted by Crippen LogP contribution is -2.08. The zero-order chi connectivity index (χ0) is 23.5. The van der Waals surface area contributed by atoms with Crippen LogP contribution in [0.4, 0.5) is 0 Å². The lowest BCUT2D eigenvalue weighted by molar-refractivity contribution is -0.138. The van der Waals surface area contributed by atoms with E-state index in [1.165, 1.54) is 4.88 Å². The fourth-order valence-corrected chi connectivity index (χ4v) is 4.62. The lowest BCUT2D eigenvalue weighted by Gasteiger charge is -2.09. The minimum atomic E-state index is -0.843. The SMILES string of the molecule is Cc1nc(-c2ccc(OCCCOc3ccc4[nH]c(C(C)C(=O)O)c(C)c4c3)cc2)sc1C. The van der Waals surface area contributed by atoms with E-state index in [-0.39, 0.29) is 0 Å². The van der Waals surface area contributed by atoms with Gasteiger partial charge in [0.25, 0.3) is 0 Å². The average Bonchev–Trinajstić information content (AvgIpc) is 3.32. The van der Waals surface area contributed by atoms with E-state index in [2.05, 4.69) is 16.9 Å². The molecule has 2 N–H and O–H groups in total. The molecule has 4 aromatic rings. The zero-order valence-corrected chi connectivity index (χ0v) is 20.1. The highest BCUT2D eigenvalue weighted by Gasteiger charge is 2.19. The van der Waals surface area contributed by atoms with Crippen LogP contribution in [0.3, 0.4) is 0 Å². The molecule has 0 spiro atoms. The van der Waals surface area contributed by atoms with Gasteiger partial charge in [-0.3, -0.25) is 4.79 Å². The fourth-order valence-electron chi connectivity index (χ4n) is 3.70. The number of ether oxygens (including phenoxy) is 2. The summed E-state index contributed by atoms with van der Waals surface area (Å²) in [7, 11) is 0. The molecule has 0 saturated heterocycles. The van der Waals surface area contributed by atoms with E-state index in [1.807, 2.05) is 56.3 Å². The molecule has 0 fully saturated rings. The summed E-state index contributed by atoms with van der Waals surface area (Å²) in [5, 5.41) is 11.3. The third-order valence-electron chi connectivity index (χ3n) is 5.83. The Morgan fingerprint density at radius 1 is 1.06 bits per heavy atom. The molecular weight excluding hydrogens is 436 g/mol. The summed E-state index contributed by atoms with van der Waals surface area (Å²) in [6.45, 7) is 8.83. The molecule has 33 heavy (non-hydrogen) atoms. The van der Waals surface area contributed by atoms with Crippen LogP contribution >= 0.6 is 11.3 Å². The third kappa shape index (κ3) is 5.03. The molecule has 0 saturated carbocycles. The Morgan fingerprint density at radius 2 is 1.73 bits per heavy atom. The third-order valence-corrected chi connectivity index (χ3v) is 6.95. The molecule has 1 atom stereocenters. The quantitative estimate of drug-likeness (QED) is 0.286. The maximum absolute atomic E-state index is 11.3. The average molecular weight is 465 g/mol. The molecule has 6 nitrogen and oxygen atoms in total. The Balaban J connectivity index is 1.28. The molecule has 1 unspecified atom stereocenters.